The van der Waals surface area contributed by atoms with Crippen LogP contribution in [0.4, 0.5) is 11.6 Å². The second-order valence-corrected chi connectivity index (χ2v) is 6.02. The van der Waals surface area contributed by atoms with E-state index in [4.69, 9.17) is 4.74 Å². The summed E-state index contributed by atoms with van der Waals surface area (Å²) in [6.07, 6.45) is 0.408. The summed E-state index contributed by atoms with van der Waals surface area (Å²) in [5.41, 5.74) is 1.87. The number of ether oxygens (including phenoxy) is 1. The Kier molecular flexibility index (Phi) is 4.90. The van der Waals surface area contributed by atoms with Gasteiger partial charge in [0.25, 0.3) is 5.56 Å². The van der Waals surface area contributed by atoms with E-state index >= 15 is 0 Å². The molecule has 1 heterocycles. The molecule has 122 valence electrons. The van der Waals surface area contributed by atoms with Gasteiger partial charge < -0.3 is 10.1 Å². The summed E-state index contributed by atoms with van der Waals surface area (Å²) in [5, 5.41) is 11.1. The van der Waals surface area contributed by atoms with Crippen molar-refractivity contribution >= 4 is 27.6 Å². The zero-order chi connectivity index (χ0) is 16.9. The molecular formula is C17H15BrN4O2. The van der Waals surface area contributed by atoms with E-state index < -0.39 is 0 Å². The fraction of sp³-hybridized carbons (Fsp3) is 0.118. The van der Waals surface area contributed by atoms with E-state index in [1.54, 1.807) is 7.11 Å². The minimum absolute atomic E-state index is 0.263. The van der Waals surface area contributed by atoms with Crippen LogP contribution in [0.1, 0.15) is 11.3 Å². The molecule has 0 fully saturated rings. The van der Waals surface area contributed by atoms with Crippen molar-refractivity contribution in [3.05, 3.63) is 74.6 Å². The van der Waals surface area contributed by atoms with E-state index in [2.05, 4.69) is 36.4 Å². The molecule has 0 amide bonds. The van der Waals surface area contributed by atoms with Crippen molar-refractivity contribution in [3.63, 3.8) is 0 Å². The molecule has 1 aromatic heterocycles. The Morgan fingerprint density at radius 1 is 1.08 bits per heavy atom. The Morgan fingerprint density at radius 3 is 2.42 bits per heavy atom. The summed E-state index contributed by atoms with van der Waals surface area (Å²) in [7, 11) is 1.61. The van der Waals surface area contributed by atoms with Crippen LogP contribution in [0, 0.1) is 0 Å². The molecule has 0 spiro atoms. The average molecular weight is 387 g/mol. The van der Waals surface area contributed by atoms with Crippen molar-refractivity contribution in [3.8, 4) is 5.75 Å². The topological polar surface area (TPSA) is 79.9 Å². The van der Waals surface area contributed by atoms with Gasteiger partial charge in [0.1, 0.15) is 11.4 Å². The van der Waals surface area contributed by atoms with E-state index in [1.807, 2.05) is 48.5 Å². The quantitative estimate of drug-likeness (QED) is 0.703. The van der Waals surface area contributed by atoms with Crippen LogP contribution in [0.2, 0.25) is 0 Å². The first-order valence-electron chi connectivity index (χ1n) is 7.25. The molecular weight excluding hydrogens is 372 g/mol. The van der Waals surface area contributed by atoms with Gasteiger partial charge in [-0.15, -0.1) is 10.2 Å². The maximum Gasteiger partial charge on any atom is 0.274 e. The number of anilines is 2. The number of benzene rings is 2. The standard InChI is InChI=1S/C17H15BrN4O2/c1-24-14-8-2-11(3-9-14)10-15-16(23)20-17(22-21-15)19-13-6-4-12(18)5-7-13/h2-9H,10H2,1H3,(H2,19,20,22,23). The highest BCUT2D eigenvalue weighted by Gasteiger charge is 2.07. The lowest BCUT2D eigenvalue weighted by molar-refractivity contribution is 0.414. The van der Waals surface area contributed by atoms with Gasteiger partial charge >= 0.3 is 0 Å². The predicted octanol–water partition coefficient (Wildman–Crippen LogP) is 3.27. The van der Waals surface area contributed by atoms with Gasteiger partial charge in [0.05, 0.1) is 7.11 Å². The summed E-state index contributed by atoms with van der Waals surface area (Å²) >= 11 is 3.37. The van der Waals surface area contributed by atoms with E-state index in [9.17, 15) is 4.79 Å². The van der Waals surface area contributed by atoms with Gasteiger partial charge in [-0.1, -0.05) is 28.1 Å². The second kappa shape index (κ2) is 7.27. The largest absolute Gasteiger partial charge is 0.497 e. The lowest BCUT2D eigenvalue weighted by Crippen LogP contribution is -2.18. The zero-order valence-corrected chi connectivity index (χ0v) is 14.5. The molecule has 0 saturated heterocycles. The molecule has 0 saturated carbocycles. The summed E-state index contributed by atoms with van der Waals surface area (Å²) < 4.78 is 6.09. The predicted molar refractivity (Wildman–Crippen MR) is 95.9 cm³/mol. The number of aromatic amines is 1. The van der Waals surface area contributed by atoms with Crippen molar-refractivity contribution in [2.24, 2.45) is 0 Å². The number of hydrogen-bond acceptors (Lipinski definition) is 5. The van der Waals surface area contributed by atoms with Crippen LogP contribution in [-0.2, 0) is 6.42 Å². The van der Waals surface area contributed by atoms with Crippen LogP contribution < -0.4 is 15.6 Å². The molecule has 3 rings (SSSR count). The summed E-state index contributed by atoms with van der Waals surface area (Å²) in [4.78, 5) is 14.9. The highest BCUT2D eigenvalue weighted by Crippen LogP contribution is 2.16. The van der Waals surface area contributed by atoms with E-state index in [1.165, 1.54) is 0 Å². The summed E-state index contributed by atoms with van der Waals surface area (Å²) in [6, 6.07) is 15.0. The van der Waals surface area contributed by atoms with Crippen molar-refractivity contribution in [1.82, 2.24) is 15.2 Å². The number of rotatable bonds is 5. The molecule has 0 aliphatic heterocycles. The normalized spacial score (nSPS) is 10.4. The minimum atomic E-state index is -0.263. The van der Waals surface area contributed by atoms with Crippen LogP contribution in [0.25, 0.3) is 0 Å². The van der Waals surface area contributed by atoms with Crippen LogP contribution in [0.3, 0.4) is 0 Å². The molecule has 0 aliphatic rings. The number of nitrogens with one attached hydrogen (secondary N) is 2. The Bertz CT molecular complexity index is 876. The van der Waals surface area contributed by atoms with E-state index in [0.29, 0.717) is 18.1 Å². The number of aromatic nitrogens is 3. The molecule has 0 bridgehead atoms. The Balaban J connectivity index is 1.74. The first-order chi connectivity index (χ1) is 11.6. The SMILES string of the molecule is COc1ccc(Cc2nnc(Nc3ccc(Br)cc3)[nH]c2=O)cc1. The summed E-state index contributed by atoms with van der Waals surface area (Å²) in [6.45, 7) is 0. The minimum Gasteiger partial charge on any atom is -0.497 e. The fourth-order valence-corrected chi connectivity index (χ4v) is 2.40. The molecule has 7 heteroatoms. The first-order valence-corrected chi connectivity index (χ1v) is 8.05. The van der Waals surface area contributed by atoms with Crippen LogP contribution in [0.15, 0.2) is 57.8 Å². The summed E-state index contributed by atoms with van der Waals surface area (Å²) in [5.74, 6) is 1.08. The van der Waals surface area contributed by atoms with Gasteiger partial charge in [0.15, 0.2) is 0 Å². The third kappa shape index (κ3) is 3.99. The smallest absolute Gasteiger partial charge is 0.274 e. The number of hydrogen-bond donors (Lipinski definition) is 2. The van der Waals surface area contributed by atoms with Crippen molar-refractivity contribution in [2.45, 2.75) is 6.42 Å². The first kappa shape index (κ1) is 16.2. The third-order valence-corrected chi connectivity index (χ3v) is 3.93. The Morgan fingerprint density at radius 2 is 1.79 bits per heavy atom. The van der Waals surface area contributed by atoms with Gasteiger partial charge in [-0.05, 0) is 42.0 Å². The molecule has 3 aromatic rings. The average Bonchev–Trinajstić information content (AvgIpc) is 2.60. The molecule has 0 aliphatic carbocycles. The number of halogens is 1. The number of nitrogens with zero attached hydrogens (tertiary/aromatic N) is 2. The molecule has 0 radical (unpaired) electrons. The van der Waals surface area contributed by atoms with Gasteiger partial charge in [-0.25, -0.2) is 0 Å². The van der Waals surface area contributed by atoms with Gasteiger partial charge in [0, 0.05) is 16.6 Å². The van der Waals surface area contributed by atoms with Crippen molar-refractivity contribution in [2.75, 3.05) is 12.4 Å². The molecule has 24 heavy (non-hydrogen) atoms. The highest BCUT2D eigenvalue weighted by atomic mass is 79.9. The number of H-pyrrole nitrogens is 1. The van der Waals surface area contributed by atoms with Crippen LogP contribution in [0.5, 0.6) is 5.75 Å². The van der Waals surface area contributed by atoms with E-state index in [-0.39, 0.29) is 5.56 Å². The second-order valence-electron chi connectivity index (χ2n) is 5.11. The maximum absolute atomic E-state index is 12.2. The van der Waals surface area contributed by atoms with Crippen LogP contribution >= 0.6 is 15.9 Å². The lowest BCUT2D eigenvalue weighted by Gasteiger charge is -2.06. The van der Waals surface area contributed by atoms with Crippen LogP contribution in [-0.4, -0.2) is 22.3 Å². The van der Waals surface area contributed by atoms with Crippen molar-refractivity contribution in [1.29, 1.82) is 0 Å². The Labute approximate surface area is 147 Å². The molecule has 0 unspecified atom stereocenters. The van der Waals surface area contributed by atoms with Crippen molar-refractivity contribution < 1.29 is 4.74 Å². The maximum atomic E-state index is 12.2. The van der Waals surface area contributed by atoms with Gasteiger partial charge in [0.2, 0.25) is 5.95 Å². The zero-order valence-electron chi connectivity index (χ0n) is 12.9. The fourth-order valence-electron chi connectivity index (χ4n) is 2.14. The Hall–Kier alpha value is -2.67. The van der Waals surface area contributed by atoms with Gasteiger partial charge in [-0.3, -0.25) is 9.78 Å². The highest BCUT2D eigenvalue weighted by molar-refractivity contribution is 9.10. The molecule has 2 aromatic carbocycles. The molecule has 2 N–H and O–H groups in total. The van der Waals surface area contributed by atoms with Gasteiger partial charge in [-0.2, -0.15) is 0 Å². The third-order valence-electron chi connectivity index (χ3n) is 3.40. The number of methoxy groups -OCH3 is 1. The molecule has 6 nitrogen and oxygen atoms in total. The monoisotopic (exact) mass is 386 g/mol. The lowest BCUT2D eigenvalue weighted by atomic mass is 10.1. The molecule has 0 atom stereocenters. The van der Waals surface area contributed by atoms with E-state index in [0.717, 1.165) is 21.5 Å².